The van der Waals surface area contributed by atoms with Crippen molar-refractivity contribution in [2.24, 2.45) is 7.05 Å². The summed E-state index contributed by atoms with van der Waals surface area (Å²) >= 11 is 4.69. The average molecular weight is 657 g/mol. The molecule has 6 heteroatoms. The Kier molecular flexibility index (Phi) is 9.71. The van der Waals surface area contributed by atoms with E-state index < -0.39 is 0 Å². The van der Waals surface area contributed by atoms with Crippen molar-refractivity contribution in [3.63, 3.8) is 0 Å². The van der Waals surface area contributed by atoms with E-state index in [4.69, 9.17) is 0 Å². The van der Waals surface area contributed by atoms with Crippen LogP contribution >= 0.6 is 24.8 Å². The molecule has 7 rings (SSSR count). The fraction of sp³-hybridized carbons (Fsp3) is 0.0690. The fourth-order valence-electron chi connectivity index (χ4n) is 4.95. The van der Waals surface area contributed by atoms with Gasteiger partial charge in [-0.1, -0.05) is 69.5 Å². The van der Waals surface area contributed by atoms with Crippen molar-refractivity contribution in [2.75, 3.05) is 0 Å². The summed E-state index contributed by atoms with van der Waals surface area (Å²) in [5, 5.41) is 6.73. The van der Waals surface area contributed by atoms with E-state index in [1.807, 2.05) is 6.07 Å². The molecule has 35 heavy (non-hydrogen) atoms. The Morgan fingerprint density at radius 2 is 1.46 bits per heavy atom. The van der Waals surface area contributed by atoms with Gasteiger partial charge in [0, 0.05) is 22.8 Å². The Morgan fingerprint density at radius 3 is 2.11 bits per heavy atom. The Labute approximate surface area is 244 Å². The van der Waals surface area contributed by atoms with Gasteiger partial charge in [0.15, 0.2) is 0 Å². The SMILES string of the molecule is Cn1c2c(c3ccc[c-]c31)Cc1cc(Br)ccc1-2.[Cl-].[Cl-].[S]=[Zr+2].c1ccc2c(c1)[cH-]c1ccccc12. The minimum Gasteiger partial charge on any atom is -0.126 e. The summed E-state index contributed by atoms with van der Waals surface area (Å²) in [5.41, 5.74) is 6.78. The zero-order chi connectivity index (χ0) is 22.9. The van der Waals surface area contributed by atoms with Crippen LogP contribution in [0.1, 0.15) is 11.1 Å². The summed E-state index contributed by atoms with van der Waals surface area (Å²) in [4.78, 5) is 0. The third kappa shape index (κ3) is 5.15. The van der Waals surface area contributed by atoms with Gasteiger partial charge in [-0.25, -0.2) is 0 Å². The minimum absolute atomic E-state index is 0. The van der Waals surface area contributed by atoms with E-state index in [2.05, 4.69) is 127 Å². The minimum atomic E-state index is 0. The van der Waals surface area contributed by atoms with Gasteiger partial charge in [-0.05, 0) is 24.1 Å². The van der Waals surface area contributed by atoms with Crippen molar-refractivity contribution in [1.82, 2.24) is 4.57 Å². The Bertz CT molecular complexity index is 1570. The van der Waals surface area contributed by atoms with Gasteiger partial charge in [0.1, 0.15) is 0 Å². The number of rotatable bonds is 0. The predicted molar refractivity (Wildman–Crippen MR) is 142 cm³/mol. The van der Waals surface area contributed by atoms with Gasteiger partial charge in [-0.2, -0.15) is 24.3 Å². The fourth-order valence-corrected chi connectivity index (χ4v) is 5.36. The van der Waals surface area contributed by atoms with Crippen LogP contribution in [0.15, 0.2) is 95.5 Å². The molecule has 0 saturated heterocycles. The quantitative estimate of drug-likeness (QED) is 0.228. The summed E-state index contributed by atoms with van der Waals surface area (Å²) in [5.74, 6) is 0. The molecular formula is C29H20BrCl2NSZr-2. The van der Waals surface area contributed by atoms with Crippen LogP contribution in [-0.2, 0) is 36.1 Å². The van der Waals surface area contributed by atoms with Crippen molar-refractivity contribution in [2.45, 2.75) is 6.42 Å². The maximum Gasteiger partial charge on any atom is -0.0771 e. The number of nitrogens with zero attached hydrogens (tertiary/aromatic N) is 1. The largest absolute Gasteiger partial charge is 0.126 e. The van der Waals surface area contributed by atoms with Crippen LogP contribution in [0.5, 0.6) is 0 Å². The molecule has 1 aromatic heterocycles. The maximum atomic E-state index is 4.17. The Morgan fingerprint density at radius 1 is 0.857 bits per heavy atom. The summed E-state index contributed by atoms with van der Waals surface area (Å²) in [6.45, 7) is 0. The third-order valence-electron chi connectivity index (χ3n) is 6.33. The number of benzene rings is 4. The maximum absolute atomic E-state index is 4.17. The molecule has 0 unspecified atom stereocenters. The van der Waals surface area contributed by atoms with E-state index >= 15 is 0 Å². The molecular weight excluding hydrogens is 636 g/mol. The second kappa shape index (κ2) is 12.1. The van der Waals surface area contributed by atoms with E-state index in [1.54, 1.807) is 0 Å². The first-order valence-electron chi connectivity index (χ1n) is 10.7. The Balaban J connectivity index is 0.000000180. The van der Waals surface area contributed by atoms with Crippen molar-refractivity contribution < 1.29 is 47.5 Å². The predicted octanol–water partition coefficient (Wildman–Crippen LogP) is 2.68. The summed E-state index contributed by atoms with van der Waals surface area (Å²) < 4.78 is 3.43. The zero-order valence-corrected chi connectivity index (χ0v) is 25.2. The molecule has 0 amide bonds. The number of aromatic nitrogens is 1. The van der Waals surface area contributed by atoms with Gasteiger partial charge in [0.25, 0.3) is 0 Å². The molecule has 5 aromatic carbocycles. The molecule has 0 radical (unpaired) electrons. The van der Waals surface area contributed by atoms with Gasteiger partial charge in [-0.3, -0.25) is 0 Å². The normalized spacial score (nSPS) is 10.9. The average Bonchev–Trinajstić information content (AvgIpc) is 3.51. The first-order chi connectivity index (χ1) is 16.2. The summed E-state index contributed by atoms with van der Waals surface area (Å²) in [6.07, 6.45) is 1.03. The molecule has 174 valence electrons. The van der Waals surface area contributed by atoms with Crippen LogP contribution in [0.4, 0.5) is 0 Å². The molecule has 0 aliphatic heterocycles. The second-order valence-corrected chi connectivity index (χ2v) is 9.03. The molecule has 0 bridgehead atoms. The monoisotopic (exact) mass is 653 g/mol. The zero-order valence-electron chi connectivity index (χ0n) is 18.9. The van der Waals surface area contributed by atoms with Crippen LogP contribution in [0.3, 0.4) is 0 Å². The Hall–Kier alpha value is -1.55. The number of hydrogen-bond donors (Lipinski definition) is 0. The van der Waals surface area contributed by atoms with Crippen LogP contribution in [-0.4, -0.2) is 4.57 Å². The molecule has 0 saturated carbocycles. The molecule has 1 nitrogen and oxygen atoms in total. The van der Waals surface area contributed by atoms with Crippen molar-refractivity contribution in [3.8, 4) is 11.3 Å². The number of aryl methyl sites for hydroxylation is 1. The van der Waals surface area contributed by atoms with Gasteiger partial charge >= 0.3 is 31.5 Å². The van der Waals surface area contributed by atoms with Crippen molar-refractivity contribution in [3.05, 3.63) is 113 Å². The standard InChI is InChI=1S/C16H11BrN.C13H9.2ClH.S.Zr/c1-18-15-5-3-2-4-13(15)14-9-10-8-11(17)6-7-12(10)16(14)18;1-3-7-12-10(5-1)9-11-6-2-4-8-13(11)12;;;;/h2-4,6-8H,9H2,1H3;1-9H;2*1H;;/q2*-1;;;;+2/p-2. The molecule has 6 aromatic rings. The van der Waals surface area contributed by atoms with Crippen LogP contribution < -0.4 is 24.8 Å². The van der Waals surface area contributed by atoms with Gasteiger partial charge < -0.3 is 29.4 Å². The summed E-state index contributed by atoms with van der Waals surface area (Å²) in [7, 11) is 6.31. The van der Waals surface area contributed by atoms with Gasteiger partial charge in [-0.15, -0.1) is 45.1 Å². The number of halogens is 3. The number of fused-ring (bicyclic) bond motifs is 8. The molecule has 0 N–H and O–H groups in total. The molecule has 1 heterocycles. The van der Waals surface area contributed by atoms with Crippen LogP contribution in [0, 0.1) is 6.07 Å². The molecule has 1 aliphatic rings. The topological polar surface area (TPSA) is 4.93 Å². The van der Waals surface area contributed by atoms with E-state index in [0.717, 1.165) is 33.6 Å². The molecule has 0 fully saturated rings. The van der Waals surface area contributed by atoms with Crippen LogP contribution in [0.2, 0.25) is 0 Å². The molecule has 1 aliphatic carbocycles. The molecule has 0 atom stereocenters. The van der Waals surface area contributed by atoms with Gasteiger partial charge in [0.05, 0.1) is 0 Å². The van der Waals surface area contributed by atoms with Gasteiger partial charge in [0.2, 0.25) is 0 Å². The second-order valence-electron chi connectivity index (χ2n) is 8.12. The summed E-state index contributed by atoms with van der Waals surface area (Å²) in [6, 6.07) is 35.4. The van der Waals surface area contributed by atoms with Crippen LogP contribution in [0.25, 0.3) is 43.7 Å². The third-order valence-corrected chi connectivity index (χ3v) is 6.82. The van der Waals surface area contributed by atoms with E-state index in [9.17, 15) is 0 Å². The first kappa shape index (κ1) is 28.0. The van der Waals surface area contributed by atoms with Crippen molar-refractivity contribution >= 4 is 57.2 Å². The number of hydrogen-bond acceptors (Lipinski definition) is 1. The smallest absolute Gasteiger partial charge is 0.0771 e. The van der Waals surface area contributed by atoms with Crippen molar-refractivity contribution in [1.29, 1.82) is 0 Å². The first-order valence-corrected chi connectivity index (χ1v) is 14.9. The molecule has 0 spiro atoms. The van der Waals surface area contributed by atoms with E-state index in [-0.39, 0.29) is 24.8 Å². The number of para-hydroxylation sites is 1. The van der Waals surface area contributed by atoms with E-state index in [0.29, 0.717) is 0 Å². The van der Waals surface area contributed by atoms with E-state index in [1.165, 1.54) is 54.8 Å².